The summed E-state index contributed by atoms with van der Waals surface area (Å²) in [6.45, 7) is 6.50. The molecule has 0 aromatic heterocycles. The lowest BCUT2D eigenvalue weighted by atomic mass is 10.0. The van der Waals surface area contributed by atoms with Crippen LogP contribution in [-0.2, 0) is 28.6 Å². The Morgan fingerprint density at radius 1 is 0.256 bits per heavy atom. The van der Waals surface area contributed by atoms with E-state index >= 15 is 0 Å². The first kappa shape index (κ1) is 78.6. The summed E-state index contributed by atoms with van der Waals surface area (Å²) in [5, 5.41) is 0. The fraction of sp³-hybridized carbons (Fsp3) is 0.776. The molecule has 0 spiro atoms. The number of carbonyl (C=O) groups excluding carboxylic acids is 3. The number of hydrogen-bond acceptors (Lipinski definition) is 6. The molecule has 0 aliphatic carbocycles. The van der Waals surface area contributed by atoms with Crippen molar-refractivity contribution in [2.24, 2.45) is 0 Å². The zero-order valence-electron chi connectivity index (χ0n) is 54.5. The van der Waals surface area contributed by atoms with E-state index in [-0.39, 0.29) is 31.1 Å². The van der Waals surface area contributed by atoms with Gasteiger partial charge in [0, 0.05) is 19.3 Å². The second-order valence-corrected chi connectivity index (χ2v) is 23.8. The van der Waals surface area contributed by atoms with Gasteiger partial charge in [-0.25, -0.2) is 0 Å². The van der Waals surface area contributed by atoms with Crippen LogP contribution in [0.25, 0.3) is 0 Å². The van der Waals surface area contributed by atoms with Crippen molar-refractivity contribution in [3.05, 3.63) is 85.1 Å². The van der Waals surface area contributed by atoms with Crippen molar-refractivity contribution >= 4 is 17.9 Å². The Balaban J connectivity index is 4.26. The van der Waals surface area contributed by atoms with E-state index in [1.807, 2.05) is 0 Å². The molecule has 0 amide bonds. The third-order valence-corrected chi connectivity index (χ3v) is 15.6. The van der Waals surface area contributed by atoms with Crippen molar-refractivity contribution in [1.82, 2.24) is 0 Å². The molecule has 0 rings (SSSR count). The van der Waals surface area contributed by atoms with E-state index in [0.717, 1.165) is 109 Å². The van der Waals surface area contributed by atoms with Crippen LogP contribution in [0.1, 0.15) is 361 Å². The van der Waals surface area contributed by atoms with E-state index in [2.05, 4.69) is 106 Å². The Morgan fingerprint density at radius 3 is 0.793 bits per heavy atom. The topological polar surface area (TPSA) is 78.9 Å². The molecule has 0 N–H and O–H groups in total. The van der Waals surface area contributed by atoms with Gasteiger partial charge in [-0.05, 0) is 96.3 Å². The van der Waals surface area contributed by atoms with Crippen LogP contribution in [-0.4, -0.2) is 37.2 Å². The smallest absolute Gasteiger partial charge is 0.306 e. The van der Waals surface area contributed by atoms with Gasteiger partial charge in [0.15, 0.2) is 6.10 Å². The average Bonchev–Trinajstić information content (AvgIpc) is 3.47. The average molecular weight is 1140 g/mol. The van der Waals surface area contributed by atoms with Crippen molar-refractivity contribution in [2.75, 3.05) is 13.2 Å². The molecular weight excluding hydrogens is 1010 g/mol. The van der Waals surface area contributed by atoms with Crippen LogP contribution in [0.15, 0.2) is 85.1 Å². The molecule has 1 unspecified atom stereocenters. The summed E-state index contributed by atoms with van der Waals surface area (Å²) in [6, 6.07) is 0. The van der Waals surface area contributed by atoms with Crippen molar-refractivity contribution in [3.63, 3.8) is 0 Å². The van der Waals surface area contributed by atoms with Crippen molar-refractivity contribution in [1.29, 1.82) is 0 Å². The summed E-state index contributed by atoms with van der Waals surface area (Å²) in [7, 11) is 0. The third kappa shape index (κ3) is 67.4. The molecule has 0 saturated heterocycles. The van der Waals surface area contributed by atoms with Gasteiger partial charge in [0.2, 0.25) is 0 Å². The van der Waals surface area contributed by atoms with E-state index in [1.165, 1.54) is 212 Å². The summed E-state index contributed by atoms with van der Waals surface area (Å²) in [5.74, 6) is -0.932. The highest BCUT2D eigenvalue weighted by Crippen LogP contribution is 2.18. The lowest BCUT2D eigenvalue weighted by Gasteiger charge is -2.18. The number of ether oxygens (including phenoxy) is 3. The summed E-state index contributed by atoms with van der Waals surface area (Å²) >= 11 is 0. The fourth-order valence-corrected chi connectivity index (χ4v) is 10.3. The normalized spacial score (nSPS) is 12.6. The predicted molar refractivity (Wildman–Crippen MR) is 358 cm³/mol. The highest BCUT2D eigenvalue weighted by Gasteiger charge is 2.19. The Labute approximate surface area is 509 Å². The quantitative estimate of drug-likeness (QED) is 0.0261. The number of carbonyl (C=O) groups is 3. The Kier molecular flexibility index (Phi) is 67.2. The van der Waals surface area contributed by atoms with Gasteiger partial charge < -0.3 is 14.2 Å². The van der Waals surface area contributed by atoms with Crippen LogP contribution in [0.2, 0.25) is 0 Å². The molecule has 474 valence electrons. The minimum Gasteiger partial charge on any atom is -0.462 e. The van der Waals surface area contributed by atoms with Gasteiger partial charge in [-0.15, -0.1) is 0 Å². The van der Waals surface area contributed by atoms with Crippen LogP contribution in [0.3, 0.4) is 0 Å². The van der Waals surface area contributed by atoms with E-state index in [0.29, 0.717) is 19.3 Å². The summed E-state index contributed by atoms with van der Waals surface area (Å²) in [5.41, 5.74) is 0. The Hall–Kier alpha value is -3.41. The first-order chi connectivity index (χ1) is 40.5. The Bertz CT molecular complexity index is 1550. The Morgan fingerprint density at radius 2 is 0.476 bits per heavy atom. The summed E-state index contributed by atoms with van der Waals surface area (Å²) < 4.78 is 16.9. The number of rotatable bonds is 65. The third-order valence-electron chi connectivity index (χ3n) is 15.6. The fourth-order valence-electron chi connectivity index (χ4n) is 10.3. The van der Waals surface area contributed by atoms with Crippen molar-refractivity contribution in [2.45, 2.75) is 367 Å². The standard InChI is InChI=1S/C76H134O6/c1-4-7-10-13-16-19-22-25-28-30-32-33-34-35-36-37-38-39-40-41-42-44-45-48-51-54-57-60-63-66-69-75(78)81-72-73(71-80-74(77)68-65-62-59-56-53-50-47-27-24-21-18-15-12-9-6-3)82-76(79)70-67-64-61-58-55-52-49-46-43-31-29-26-23-20-17-14-11-8-5-2/h9,12,17-18,20-21,26-27,29,43,46-47,53,56,73H,4-8,10-11,13-16,19,22-25,28,30-42,44-45,48-52,54-55,57-72H2,1-3H3/b12-9-,20-17-,21-18-,29-26-,46-43-,47-27-,56-53-. The first-order valence-electron chi connectivity index (χ1n) is 35.6. The van der Waals surface area contributed by atoms with Gasteiger partial charge in [-0.2, -0.15) is 0 Å². The highest BCUT2D eigenvalue weighted by molar-refractivity contribution is 5.71. The lowest BCUT2D eigenvalue weighted by molar-refractivity contribution is -0.167. The largest absolute Gasteiger partial charge is 0.462 e. The SMILES string of the molecule is CC/C=C\C/C=C\C/C=C\C/C=C\CCCCC(=O)OCC(COC(=O)CCCCCCCCCCCCCCCCCCCCCCCCCCCCCCCC)OC(=O)CCCCCCCC/C=C\C/C=C\C/C=C\CCCCC. The van der Waals surface area contributed by atoms with Crippen LogP contribution in [0.5, 0.6) is 0 Å². The van der Waals surface area contributed by atoms with E-state index < -0.39 is 6.10 Å². The zero-order valence-corrected chi connectivity index (χ0v) is 54.5. The molecule has 0 radical (unpaired) electrons. The van der Waals surface area contributed by atoms with Crippen molar-refractivity contribution < 1.29 is 28.6 Å². The zero-order chi connectivity index (χ0) is 59.2. The molecule has 0 aliphatic heterocycles. The highest BCUT2D eigenvalue weighted by atomic mass is 16.6. The molecule has 0 fully saturated rings. The molecule has 0 aromatic carbocycles. The molecule has 0 saturated carbocycles. The van der Waals surface area contributed by atoms with Gasteiger partial charge >= 0.3 is 17.9 Å². The maximum absolute atomic E-state index is 12.9. The first-order valence-corrected chi connectivity index (χ1v) is 35.6. The summed E-state index contributed by atoms with van der Waals surface area (Å²) in [4.78, 5) is 38.4. The second-order valence-electron chi connectivity index (χ2n) is 23.8. The maximum atomic E-state index is 12.9. The lowest BCUT2D eigenvalue weighted by Crippen LogP contribution is -2.30. The molecule has 6 nitrogen and oxygen atoms in total. The van der Waals surface area contributed by atoms with Gasteiger partial charge in [-0.1, -0.05) is 331 Å². The van der Waals surface area contributed by atoms with Crippen LogP contribution >= 0.6 is 0 Å². The molecule has 82 heavy (non-hydrogen) atoms. The van der Waals surface area contributed by atoms with E-state index in [9.17, 15) is 14.4 Å². The molecule has 0 aromatic rings. The molecular formula is C76H134O6. The molecule has 6 heteroatoms. The number of hydrogen-bond donors (Lipinski definition) is 0. The van der Waals surface area contributed by atoms with Crippen molar-refractivity contribution in [3.8, 4) is 0 Å². The van der Waals surface area contributed by atoms with E-state index in [1.54, 1.807) is 0 Å². The van der Waals surface area contributed by atoms with Gasteiger partial charge in [0.25, 0.3) is 0 Å². The van der Waals surface area contributed by atoms with Gasteiger partial charge in [-0.3, -0.25) is 14.4 Å². The monoisotopic (exact) mass is 1140 g/mol. The second kappa shape index (κ2) is 70.1. The minimum absolute atomic E-state index is 0.0927. The number of unbranched alkanes of at least 4 members (excludes halogenated alkanes) is 40. The molecule has 0 heterocycles. The molecule has 0 aliphatic rings. The maximum Gasteiger partial charge on any atom is 0.306 e. The number of esters is 3. The predicted octanol–water partition coefficient (Wildman–Crippen LogP) is 24.6. The summed E-state index contributed by atoms with van der Waals surface area (Å²) in [6.07, 6.45) is 93.4. The molecule has 0 bridgehead atoms. The van der Waals surface area contributed by atoms with E-state index in [4.69, 9.17) is 14.2 Å². The van der Waals surface area contributed by atoms with Crippen LogP contribution < -0.4 is 0 Å². The number of allylic oxidation sites excluding steroid dienone is 14. The minimum atomic E-state index is -0.802. The van der Waals surface area contributed by atoms with Crippen LogP contribution in [0.4, 0.5) is 0 Å². The molecule has 1 atom stereocenters. The van der Waals surface area contributed by atoms with Crippen LogP contribution in [0, 0.1) is 0 Å². The van der Waals surface area contributed by atoms with Gasteiger partial charge in [0.05, 0.1) is 0 Å². The van der Waals surface area contributed by atoms with Gasteiger partial charge in [0.1, 0.15) is 13.2 Å².